The Bertz CT molecular complexity index is 234. The molecule has 0 radical (unpaired) electrons. The summed E-state index contributed by atoms with van der Waals surface area (Å²) in [5.41, 5.74) is 0. The van der Waals surface area contributed by atoms with Crippen molar-refractivity contribution >= 4 is 29.3 Å². The fourth-order valence-electron chi connectivity index (χ4n) is 2.54. The molecule has 3 nitrogen and oxygen atoms in total. The number of rotatable bonds is 3. The molecule has 3 unspecified atom stereocenters. The predicted octanol–water partition coefficient (Wildman–Crippen LogP) is 1.70. The zero-order valence-electron chi connectivity index (χ0n) is 9.61. The minimum Gasteiger partial charge on any atom is -0.378 e. The van der Waals surface area contributed by atoms with E-state index >= 15 is 0 Å². The molecule has 0 saturated carbocycles. The monoisotopic (exact) mass is 265 g/mol. The highest BCUT2D eigenvalue weighted by atomic mass is 35.5. The van der Waals surface area contributed by atoms with Crippen LogP contribution in [-0.2, 0) is 9.53 Å². The van der Waals surface area contributed by atoms with E-state index in [1.54, 1.807) is 6.92 Å². The molecule has 1 N–H and O–H groups in total. The third-order valence-corrected chi connectivity index (χ3v) is 4.34. The molecule has 2 aliphatic rings. The summed E-state index contributed by atoms with van der Waals surface area (Å²) in [6, 6.07) is 0. The molecule has 0 aromatic heterocycles. The highest BCUT2D eigenvalue weighted by Crippen LogP contribution is 2.30. The van der Waals surface area contributed by atoms with Gasteiger partial charge >= 0.3 is 0 Å². The Morgan fingerprint density at radius 1 is 1.50 bits per heavy atom. The van der Waals surface area contributed by atoms with Crippen LogP contribution in [0.4, 0.5) is 0 Å². The molecular formula is C11H20ClNO2S. The topological polar surface area (TPSA) is 38.3 Å². The molecule has 5 heteroatoms. The first kappa shape index (κ1) is 14.3. The Labute approximate surface area is 107 Å². The summed E-state index contributed by atoms with van der Waals surface area (Å²) >= 11 is 1.46. The third-order valence-electron chi connectivity index (χ3n) is 3.34. The number of carbonyl (C=O) groups is 1. The van der Waals surface area contributed by atoms with Crippen LogP contribution in [0.5, 0.6) is 0 Å². The van der Waals surface area contributed by atoms with E-state index in [4.69, 9.17) is 4.74 Å². The lowest BCUT2D eigenvalue weighted by atomic mass is 9.91. The number of thioether (sulfide) groups is 1. The predicted molar refractivity (Wildman–Crippen MR) is 69.2 cm³/mol. The van der Waals surface area contributed by atoms with Crippen LogP contribution in [0.25, 0.3) is 0 Å². The van der Waals surface area contributed by atoms with Crippen molar-refractivity contribution in [3.63, 3.8) is 0 Å². The van der Waals surface area contributed by atoms with Gasteiger partial charge in [-0.25, -0.2) is 0 Å². The Kier molecular flexibility index (Phi) is 6.11. The zero-order valence-corrected chi connectivity index (χ0v) is 11.2. The van der Waals surface area contributed by atoms with Crippen LogP contribution in [-0.4, -0.2) is 36.7 Å². The van der Waals surface area contributed by atoms with Gasteiger partial charge in [0.05, 0.1) is 6.10 Å². The van der Waals surface area contributed by atoms with Crippen molar-refractivity contribution in [1.29, 1.82) is 0 Å². The lowest BCUT2D eigenvalue weighted by Crippen LogP contribution is -2.28. The Morgan fingerprint density at radius 2 is 2.31 bits per heavy atom. The molecule has 0 aromatic carbocycles. The van der Waals surface area contributed by atoms with Crippen molar-refractivity contribution in [3.8, 4) is 0 Å². The molecule has 94 valence electrons. The summed E-state index contributed by atoms with van der Waals surface area (Å²) in [6.45, 7) is 4.68. The van der Waals surface area contributed by atoms with Crippen molar-refractivity contribution < 1.29 is 9.53 Å². The van der Waals surface area contributed by atoms with E-state index in [9.17, 15) is 4.79 Å². The average molecular weight is 266 g/mol. The fraction of sp³-hybridized carbons (Fsp3) is 0.909. The third kappa shape index (κ3) is 3.62. The van der Waals surface area contributed by atoms with Gasteiger partial charge in [0.1, 0.15) is 0 Å². The number of hydrogen-bond donors (Lipinski definition) is 1. The first-order valence-electron chi connectivity index (χ1n) is 5.73. The van der Waals surface area contributed by atoms with Crippen LogP contribution >= 0.6 is 24.2 Å². The normalized spacial score (nSPS) is 33.7. The second-order valence-electron chi connectivity index (χ2n) is 4.44. The zero-order chi connectivity index (χ0) is 10.7. The first-order chi connectivity index (χ1) is 7.27. The molecule has 0 amide bonds. The number of carbonyl (C=O) groups excluding carboxylic acids is 1. The lowest BCUT2D eigenvalue weighted by Gasteiger charge is -2.23. The highest BCUT2D eigenvalue weighted by molar-refractivity contribution is 8.13. The van der Waals surface area contributed by atoms with Crippen LogP contribution in [0.3, 0.4) is 0 Å². The quantitative estimate of drug-likeness (QED) is 0.843. The molecule has 0 aliphatic carbocycles. The number of hydrogen-bond acceptors (Lipinski definition) is 4. The van der Waals surface area contributed by atoms with Crippen LogP contribution in [0.2, 0.25) is 0 Å². The molecule has 16 heavy (non-hydrogen) atoms. The number of nitrogens with one attached hydrogen (secondary N) is 1. The minimum atomic E-state index is 0. The largest absolute Gasteiger partial charge is 0.378 e. The van der Waals surface area contributed by atoms with E-state index in [0.717, 1.165) is 25.4 Å². The summed E-state index contributed by atoms with van der Waals surface area (Å²) in [5.74, 6) is 2.19. The van der Waals surface area contributed by atoms with Crippen molar-refractivity contribution in [2.75, 3.05) is 25.4 Å². The molecule has 2 heterocycles. The SMILES string of the molecule is CC(=O)SCC1CNCC1C1CCCO1.Cl. The van der Waals surface area contributed by atoms with Crippen molar-refractivity contribution in [1.82, 2.24) is 5.32 Å². The van der Waals surface area contributed by atoms with Crippen LogP contribution in [0.15, 0.2) is 0 Å². The molecule has 0 bridgehead atoms. The van der Waals surface area contributed by atoms with Crippen molar-refractivity contribution in [2.45, 2.75) is 25.9 Å². The van der Waals surface area contributed by atoms with E-state index < -0.39 is 0 Å². The van der Waals surface area contributed by atoms with Gasteiger partial charge in [-0.1, -0.05) is 11.8 Å². The minimum absolute atomic E-state index is 0. The molecule has 0 aromatic rings. The summed E-state index contributed by atoms with van der Waals surface area (Å²) in [5, 5.41) is 3.65. The van der Waals surface area contributed by atoms with E-state index in [0.29, 0.717) is 17.9 Å². The van der Waals surface area contributed by atoms with Gasteiger partial charge in [0, 0.05) is 31.7 Å². The van der Waals surface area contributed by atoms with Crippen LogP contribution < -0.4 is 5.32 Å². The molecule has 2 rings (SSSR count). The molecule has 0 spiro atoms. The number of ether oxygens (including phenoxy) is 1. The summed E-state index contributed by atoms with van der Waals surface area (Å²) in [7, 11) is 0. The van der Waals surface area contributed by atoms with Gasteiger partial charge in [0.2, 0.25) is 0 Å². The van der Waals surface area contributed by atoms with Gasteiger partial charge in [-0.2, -0.15) is 0 Å². The van der Waals surface area contributed by atoms with Crippen molar-refractivity contribution in [2.24, 2.45) is 11.8 Å². The highest BCUT2D eigenvalue weighted by Gasteiger charge is 2.35. The molecule has 3 atom stereocenters. The van der Waals surface area contributed by atoms with Gasteiger partial charge in [0.25, 0.3) is 0 Å². The Balaban J connectivity index is 0.00000128. The summed E-state index contributed by atoms with van der Waals surface area (Å²) in [4.78, 5) is 10.9. The molecule has 2 saturated heterocycles. The summed E-state index contributed by atoms with van der Waals surface area (Å²) in [6.07, 6.45) is 2.85. The van der Waals surface area contributed by atoms with Crippen molar-refractivity contribution in [3.05, 3.63) is 0 Å². The lowest BCUT2D eigenvalue weighted by molar-refractivity contribution is -0.109. The fourth-order valence-corrected chi connectivity index (χ4v) is 3.35. The van der Waals surface area contributed by atoms with E-state index in [1.165, 1.54) is 24.6 Å². The van der Waals surface area contributed by atoms with Crippen LogP contribution in [0, 0.1) is 11.8 Å². The average Bonchev–Trinajstić information content (AvgIpc) is 2.85. The van der Waals surface area contributed by atoms with Crippen LogP contribution in [0.1, 0.15) is 19.8 Å². The maximum Gasteiger partial charge on any atom is 0.185 e. The molecule has 2 fully saturated rings. The standard InChI is InChI=1S/C11H19NO2S.ClH/c1-8(13)15-7-9-5-12-6-10(9)11-3-2-4-14-11;/h9-12H,2-7H2,1H3;1H. The Hall–Kier alpha value is 0.230. The van der Waals surface area contributed by atoms with Gasteiger partial charge in [-0.3, -0.25) is 4.79 Å². The second-order valence-corrected chi connectivity index (χ2v) is 5.63. The van der Waals surface area contributed by atoms with Gasteiger partial charge in [0.15, 0.2) is 5.12 Å². The van der Waals surface area contributed by atoms with Gasteiger partial charge in [-0.15, -0.1) is 12.4 Å². The molecule has 2 aliphatic heterocycles. The van der Waals surface area contributed by atoms with E-state index in [2.05, 4.69) is 5.32 Å². The van der Waals surface area contributed by atoms with Gasteiger partial charge in [-0.05, 0) is 25.3 Å². The smallest absolute Gasteiger partial charge is 0.185 e. The maximum absolute atomic E-state index is 10.9. The van der Waals surface area contributed by atoms with E-state index in [1.807, 2.05) is 0 Å². The van der Waals surface area contributed by atoms with Gasteiger partial charge < -0.3 is 10.1 Å². The second kappa shape index (κ2) is 6.84. The molecular weight excluding hydrogens is 246 g/mol. The first-order valence-corrected chi connectivity index (χ1v) is 6.71. The maximum atomic E-state index is 10.9. The Morgan fingerprint density at radius 3 is 2.94 bits per heavy atom. The van der Waals surface area contributed by atoms with E-state index in [-0.39, 0.29) is 17.5 Å². The summed E-state index contributed by atoms with van der Waals surface area (Å²) < 4.78 is 5.74. The number of halogens is 1.